The zero-order valence-corrected chi connectivity index (χ0v) is 7.68. The van der Waals surface area contributed by atoms with Gasteiger partial charge in [0.1, 0.15) is 17.4 Å². The van der Waals surface area contributed by atoms with Crippen molar-refractivity contribution in [3.05, 3.63) is 29.6 Å². The molecule has 1 aromatic rings. The lowest BCUT2D eigenvalue weighted by molar-refractivity contribution is 0.602. The van der Waals surface area contributed by atoms with Gasteiger partial charge in [-0.25, -0.2) is 9.53 Å². The van der Waals surface area contributed by atoms with E-state index in [1.165, 1.54) is 18.2 Å². The fourth-order valence-electron chi connectivity index (χ4n) is 0.876. The summed E-state index contributed by atoms with van der Waals surface area (Å²) in [6, 6.07) is 5.09. The molecule has 0 bridgehead atoms. The minimum atomic E-state index is -3.99. The Kier molecular flexibility index (Phi) is 2.69. The lowest BCUT2D eigenvalue weighted by atomic mass is 10.2. The van der Waals surface area contributed by atoms with Crippen LogP contribution in [0.1, 0.15) is 5.56 Å². The van der Waals surface area contributed by atoms with E-state index < -0.39 is 16.0 Å². The molecule has 1 aromatic carbocycles. The highest BCUT2D eigenvalue weighted by atomic mass is 32.2. The summed E-state index contributed by atoms with van der Waals surface area (Å²) in [5, 5.41) is 13.2. The van der Waals surface area contributed by atoms with E-state index in [4.69, 9.17) is 5.26 Å². The number of hydrogen-bond acceptors (Lipinski definition) is 3. The second kappa shape index (κ2) is 3.61. The minimum Gasteiger partial charge on any atom is -0.270 e. The van der Waals surface area contributed by atoms with Crippen LogP contribution in [0.2, 0.25) is 0 Å². The van der Waals surface area contributed by atoms with Gasteiger partial charge in [0.15, 0.2) is 0 Å². The first-order chi connectivity index (χ1) is 6.44. The zero-order valence-electron chi connectivity index (χ0n) is 6.86. The van der Waals surface area contributed by atoms with Crippen molar-refractivity contribution in [2.24, 2.45) is 5.14 Å². The molecule has 0 fully saturated rings. The van der Waals surface area contributed by atoms with E-state index in [2.05, 4.69) is 5.14 Å². The maximum atomic E-state index is 12.9. The second-order valence-corrected chi connectivity index (χ2v) is 3.72. The second-order valence-electron chi connectivity index (χ2n) is 2.42. The SMILES string of the molecule is N#Cc1c(F)cccc1NS(N)(=O)=O. The van der Waals surface area contributed by atoms with Gasteiger partial charge in [-0.3, -0.25) is 4.72 Å². The Labute approximate surface area is 80.1 Å². The van der Waals surface area contributed by atoms with Gasteiger partial charge in [0.05, 0.1) is 5.69 Å². The number of rotatable bonds is 2. The summed E-state index contributed by atoms with van der Waals surface area (Å²) in [5.41, 5.74) is -0.559. The van der Waals surface area contributed by atoms with Crippen LogP contribution in [0.15, 0.2) is 18.2 Å². The molecule has 74 valence electrons. The number of nitrogens with two attached hydrogens (primary N) is 1. The third-order valence-electron chi connectivity index (χ3n) is 1.38. The molecule has 0 unspecified atom stereocenters. The van der Waals surface area contributed by atoms with Gasteiger partial charge in [-0.2, -0.15) is 13.7 Å². The average molecular weight is 215 g/mol. The Bertz CT molecular complexity index is 492. The van der Waals surface area contributed by atoms with Crippen LogP contribution in [0.5, 0.6) is 0 Å². The molecule has 0 saturated carbocycles. The summed E-state index contributed by atoms with van der Waals surface area (Å²) in [5.74, 6) is -0.804. The van der Waals surface area contributed by atoms with E-state index in [1.807, 2.05) is 4.72 Å². The third-order valence-corrected chi connectivity index (χ3v) is 1.88. The topological polar surface area (TPSA) is 96.0 Å². The fourth-order valence-corrected chi connectivity index (χ4v) is 1.35. The fraction of sp³-hybridized carbons (Fsp3) is 0. The maximum absolute atomic E-state index is 12.9. The van der Waals surface area contributed by atoms with Gasteiger partial charge in [0, 0.05) is 0 Å². The van der Waals surface area contributed by atoms with E-state index in [0.717, 1.165) is 6.07 Å². The van der Waals surface area contributed by atoms with Crippen molar-refractivity contribution in [3.63, 3.8) is 0 Å². The van der Waals surface area contributed by atoms with Crippen LogP contribution in [0, 0.1) is 17.1 Å². The average Bonchev–Trinajstić information content (AvgIpc) is 2.01. The van der Waals surface area contributed by atoms with Crippen molar-refractivity contribution in [3.8, 4) is 6.07 Å². The summed E-state index contributed by atoms with van der Waals surface area (Å²) in [6.45, 7) is 0. The van der Waals surface area contributed by atoms with Crippen molar-refractivity contribution < 1.29 is 12.8 Å². The highest BCUT2D eigenvalue weighted by Crippen LogP contribution is 2.17. The van der Waals surface area contributed by atoms with E-state index in [9.17, 15) is 12.8 Å². The summed E-state index contributed by atoms with van der Waals surface area (Å²) in [4.78, 5) is 0. The lowest BCUT2D eigenvalue weighted by Gasteiger charge is -2.05. The Morgan fingerprint density at radius 1 is 1.50 bits per heavy atom. The van der Waals surface area contributed by atoms with Crippen molar-refractivity contribution >= 4 is 15.9 Å². The maximum Gasteiger partial charge on any atom is 0.296 e. The molecule has 0 aliphatic carbocycles. The van der Waals surface area contributed by atoms with E-state index in [-0.39, 0.29) is 11.3 Å². The van der Waals surface area contributed by atoms with Crippen LogP contribution in [0.25, 0.3) is 0 Å². The molecule has 0 atom stereocenters. The van der Waals surface area contributed by atoms with Crippen LogP contribution >= 0.6 is 0 Å². The molecular weight excluding hydrogens is 209 g/mol. The van der Waals surface area contributed by atoms with Crippen molar-refractivity contribution in [1.29, 1.82) is 5.26 Å². The number of nitrogens with one attached hydrogen (secondary N) is 1. The van der Waals surface area contributed by atoms with Gasteiger partial charge < -0.3 is 0 Å². The molecule has 0 radical (unpaired) electrons. The predicted molar refractivity (Wildman–Crippen MR) is 47.8 cm³/mol. The summed E-state index contributed by atoms with van der Waals surface area (Å²) >= 11 is 0. The van der Waals surface area contributed by atoms with Gasteiger partial charge >= 0.3 is 0 Å². The highest BCUT2D eigenvalue weighted by molar-refractivity contribution is 7.90. The Hall–Kier alpha value is -1.65. The highest BCUT2D eigenvalue weighted by Gasteiger charge is 2.10. The van der Waals surface area contributed by atoms with E-state index >= 15 is 0 Å². The van der Waals surface area contributed by atoms with Crippen LogP contribution in [0.3, 0.4) is 0 Å². The Balaban J connectivity index is 3.24. The van der Waals surface area contributed by atoms with Gasteiger partial charge in [0.2, 0.25) is 0 Å². The Morgan fingerprint density at radius 2 is 2.14 bits per heavy atom. The molecule has 0 aliphatic rings. The molecule has 7 heteroatoms. The zero-order chi connectivity index (χ0) is 10.8. The predicted octanol–water partition coefficient (Wildman–Crippen LogP) is 0.313. The lowest BCUT2D eigenvalue weighted by Crippen LogP contribution is -2.22. The molecular formula is C7H6FN3O2S. The molecule has 14 heavy (non-hydrogen) atoms. The van der Waals surface area contributed by atoms with Crippen molar-refractivity contribution in [2.75, 3.05) is 4.72 Å². The molecule has 3 N–H and O–H groups in total. The first-order valence-electron chi connectivity index (χ1n) is 3.43. The molecule has 0 heterocycles. The largest absolute Gasteiger partial charge is 0.296 e. The molecule has 1 rings (SSSR count). The molecule has 0 aliphatic heterocycles. The molecule has 5 nitrogen and oxygen atoms in total. The van der Waals surface area contributed by atoms with Gasteiger partial charge in [-0.15, -0.1) is 0 Å². The normalized spacial score (nSPS) is 10.6. The first-order valence-corrected chi connectivity index (χ1v) is 4.98. The van der Waals surface area contributed by atoms with Gasteiger partial charge in [-0.1, -0.05) is 6.07 Å². The Morgan fingerprint density at radius 3 is 2.64 bits per heavy atom. The number of nitrogens with zero attached hydrogens (tertiary/aromatic N) is 1. The smallest absolute Gasteiger partial charge is 0.270 e. The summed E-state index contributed by atoms with van der Waals surface area (Å²) < 4.78 is 36.0. The van der Waals surface area contributed by atoms with E-state index in [1.54, 1.807) is 0 Å². The van der Waals surface area contributed by atoms with Crippen molar-refractivity contribution in [1.82, 2.24) is 0 Å². The standard InChI is InChI=1S/C7H6FN3O2S/c8-6-2-1-3-7(5(6)4-9)11-14(10,12)13/h1-3,11H,(H2,10,12,13). The summed E-state index contributed by atoms with van der Waals surface area (Å²) in [6.07, 6.45) is 0. The molecule has 0 amide bonds. The van der Waals surface area contributed by atoms with Crippen LogP contribution in [-0.2, 0) is 10.2 Å². The van der Waals surface area contributed by atoms with Crippen LogP contribution in [-0.4, -0.2) is 8.42 Å². The molecule has 0 aromatic heterocycles. The number of halogens is 1. The quantitative estimate of drug-likeness (QED) is 0.743. The van der Waals surface area contributed by atoms with Crippen LogP contribution < -0.4 is 9.86 Å². The number of nitriles is 1. The van der Waals surface area contributed by atoms with Crippen LogP contribution in [0.4, 0.5) is 10.1 Å². The van der Waals surface area contributed by atoms with E-state index in [0.29, 0.717) is 0 Å². The monoisotopic (exact) mass is 215 g/mol. The number of benzene rings is 1. The number of anilines is 1. The van der Waals surface area contributed by atoms with Gasteiger partial charge in [-0.05, 0) is 12.1 Å². The van der Waals surface area contributed by atoms with Crippen molar-refractivity contribution in [2.45, 2.75) is 0 Å². The third kappa shape index (κ3) is 2.42. The first kappa shape index (κ1) is 10.4. The van der Waals surface area contributed by atoms with Gasteiger partial charge in [0.25, 0.3) is 10.2 Å². The molecule has 0 saturated heterocycles. The number of hydrogen-bond donors (Lipinski definition) is 2. The minimum absolute atomic E-state index is 0.171. The summed E-state index contributed by atoms with van der Waals surface area (Å²) in [7, 11) is -3.99. The molecule has 0 spiro atoms.